The van der Waals surface area contributed by atoms with Crippen LogP contribution in [-0.4, -0.2) is 70.7 Å². The fourth-order valence-corrected chi connectivity index (χ4v) is 3.81. The monoisotopic (exact) mass is 455 g/mol. The van der Waals surface area contributed by atoms with Gasteiger partial charge in [0, 0.05) is 40.9 Å². The Hall–Kier alpha value is -1.95. The van der Waals surface area contributed by atoms with Gasteiger partial charge in [0.05, 0.1) is 6.04 Å². The Morgan fingerprint density at radius 3 is 2.38 bits per heavy atom. The maximum Gasteiger partial charge on any atom is 0.340 e. The highest BCUT2D eigenvalue weighted by atomic mass is 16.8. The number of methoxy groups -OCH3 is 2. The molecule has 2 aliphatic rings. The highest BCUT2D eigenvalue weighted by molar-refractivity contribution is 5.77. The van der Waals surface area contributed by atoms with Gasteiger partial charge in [-0.2, -0.15) is 0 Å². The molecule has 0 spiro atoms. The lowest BCUT2D eigenvalue weighted by molar-refractivity contribution is -0.416. The van der Waals surface area contributed by atoms with Crippen LogP contribution < -0.4 is 14.8 Å². The third-order valence-corrected chi connectivity index (χ3v) is 5.63. The Labute approximate surface area is 188 Å². The highest BCUT2D eigenvalue weighted by Gasteiger charge is 2.59. The number of cyclic esters (lactones) is 1. The van der Waals surface area contributed by atoms with Gasteiger partial charge in [0.1, 0.15) is 0 Å². The summed E-state index contributed by atoms with van der Waals surface area (Å²) in [4.78, 5) is 13.2. The van der Waals surface area contributed by atoms with E-state index in [0.29, 0.717) is 24.7 Å². The molecule has 3 rings (SSSR count). The number of hydrogen-bond donors (Lipinski definition) is 1. The summed E-state index contributed by atoms with van der Waals surface area (Å²) in [7, 11) is 3.08. The van der Waals surface area contributed by atoms with Crippen LogP contribution in [0.5, 0.6) is 11.5 Å². The van der Waals surface area contributed by atoms with E-state index < -0.39 is 36.0 Å². The molecule has 0 aromatic heterocycles. The van der Waals surface area contributed by atoms with Gasteiger partial charge in [-0.25, -0.2) is 4.79 Å². The Kier molecular flexibility index (Phi) is 7.97. The molecule has 0 unspecified atom stereocenters. The van der Waals surface area contributed by atoms with E-state index in [-0.39, 0.29) is 13.3 Å². The summed E-state index contributed by atoms with van der Waals surface area (Å²) in [6, 6.07) is 4.80. The third kappa shape index (κ3) is 4.85. The predicted molar refractivity (Wildman–Crippen MR) is 112 cm³/mol. The first-order valence-corrected chi connectivity index (χ1v) is 10.7. The molecular weight excluding hydrogens is 422 g/mol. The largest absolute Gasteiger partial charge is 0.454 e. The van der Waals surface area contributed by atoms with Gasteiger partial charge in [0.25, 0.3) is 5.79 Å². The molecule has 1 fully saturated rings. The maximum absolute atomic E-state index is 13.2. The van der Waals surface area contributed by atoms with Crippen LogP contribution in [0.25, 0.3) is 0 Å². The average Bonchev–Trinajstić information content (AvgIpc) is 3.23. The number of rotatable bonds is 11. The zero-order chi connectivity index (χ0) is 23.4. The maximum atomic E-state index is 13.2. The van der Waals surface area contributed by atoms with E-state index in [0.717, 1.165) is 5.56 Å². The second-order valence-electron chi connectivity index (χ2n) is 7.62. The molecule has 0 saturated carbocycles. The Bertz CT molecular complexity index is 787. The molecule has 32 heavy (non-hydrogen) atoms. The second kappa shape index (κ2) is 10.3. The smallest absolute Gasteiger partial charge is 0.340 e. The van der Waals surface area contributed by atoms with Gasteiger partial charge in [0.15, 0.2) is 23.9 Å². The fraction of sp³-hybridized carbons (Fsp3) is 0.682. The van der Waals surface area contributed by atoms with E-state index >= 15 is 0 Å². The van der Waals surface area contributed by atoms with Crippen LogP contribution in [0.15, 0.2) is 18.2 Å². The molecule has 0 aliphatic carbocycles. The first-order chi connectivity index (χ1) is 15.3. The lowest BCUT2D eigenvalue weighted by atomic mass is 9.97. The molecule has 1 N–H and O–H groups in total. The van der Waals surface area contributed by atoms with Crippen LogP contribution >= 0.6 is 0 Å². The van der Waals surface area contributed by atoms with E-state index in [1.54, 1.807) is 26.0 Å². The van der Waals surface area contributed by atoms with Gasteiger partial charge in [-0.1, -0.05) is 6.07 Å². The van der Waals surface area contributed by atoms with E-state index in [2.05, 4.69) is 5.32 Å². The zero-order valence-electron chi connectivity index (χ0n) is 19.5. The van der Waals surface area contributed by atoms with Crippen molar-refractivity contribution in [2.45, 2.75) is 57.7 Å². The summed E-state index contributed by atoms with van der Waals surface area (Å²) in [6.45, 7) is 8.06. The number of nitrogens with one attached hydrogen (secondary N) is 1. The predicted octanol–water partition coefficient (Wildman–Crippen LogP) is 2.11. The third-order valence-electron chi connectivity index (χ3n) is 5.63. The minimum absolute atomic E-state index is 0.142. The number of esters is 1. The van der Waals surface area contributed by atoms with Crippen molar-refractivity contribution >= 4 is 5.97 Å². The standard InChI is InChI=1S/C22H33NO9/c1-7-29-21(3)22(4,30-8-2)32-20(24)19(31-21)18(23-12-17(25-5)26-6)14-9-10-15-16(11-14)28-13-27-15/h9-11,17-19,23H,7-8,12-13H2,1-6H3/t18-,19+,21-,22-/m0/s1. The van der Waals surface area contributed by atoms with Crippen molar-refractivity contribution in [3.63, 3.8) is 0 Å². The summed E-state index contributed by atoms with van der Waals surface area (Å²) in [5.74, 6) is -2.12. The topological polar surface area (TPSA) is 103 Å². The molecule has 0 radical (unpaired) electrons. The number of fused-ring (bicyclic) bond motifs is 1. The molecule has 2 heterocycles. The molecule has 180 valence electrons. The highest BCUT2D eigenvalue weighted by Crippen LogP contribution is 2.42. The van der Waals surface area contributed by atoms with Crippen molar-refractivity contribution in [2.24, 2.45) is 0 Å². The van der Waals surface area contributed by atoms with Crippen LogP contribution in [0.2, 0.25) is 0 Å². The molecule has 0 amide bonds. The van der Waals surface area contributed by atoms with E-state index in [1.807, 2.05) is 19.9 Å². The van der Waals surface area contributed by atoms with E-state index in [4.69, 9.17) is 37.9 Å². The Morgan fingerprint density at radius 1 is 1.06 bits per heavy atom. The summed E-state index contributed by atoms with van der Waals surface area (Å²) < 4.78 is 45.2. The summed E-state index contributed by atoms with van der Waals surface area (Å²) in [6.07, 6.45) is -1.58. The van der Waals surface area contributed by atoms with Crippen LogP contribution in [0.4, 0.5) is 0 Å². The Morgan fingerprint density at radius 2 is 1.72 bits per heavy atom. The number of ether oxygens (including phenoxy) is 8. The molecule has 4 atom stereocenters. The number of carbonyl (C=O) groups is 1. The SMILES string of the molecule is CCO[C@@]1(C)OC(=O)[C@@H]([C@@H](NCC(OC)OC)c2ccc3c(c2)OCO3)O[C@]1(C)OCC. The van der Waals surface area contributed by atoms with Crippen molar-refractivity contribution in [1.82, 2.24) is 5.32 Å². The van der Waals surface area contributed by atoms with Crippen molar-refractivity contribution in [2.75, 3.05) is 40.8 Å². The molecule has 1 aromatic carbocycles. The van der Waals surface area contributed by atoms with Gasteiger partial charge >= 0.3 is 5.97 Å². The molecule has 10 heteroatoms. The number of benzene rings is 1. The molecule has 1 aromatic rings. The zero-order valence-corrected chi connectivity index (χ0v) is 19.5. The van der Waals surface area contributed by atoms with Gasteiger partial charge in [0.2, 0.25) is 12.6 Å². The first-order valence-electron chi connectivity index (χ1n) is 10.7. The molecule has 0 bridgehead atoms. The number of carbonyl (C=O) groups excluding carboxylic acids is 1. The van der Waals surface area contributed by atoms with Crippen molar-refractivity contribution in [1.29, 1.82) is 0 Å². The van der Waals surface area contributed by atoms with Crippen molar-refractivity contribution in [3.05, 3.63) is 23.8 Å². The average molecular weight is 456 g/mol. The molecule has 10 nitrogen and oxygen atoms in total. The fourth-order valence-electron chi connectivity index (χ4n) is 3.81. The van der Waals surface area contributed by atoms with Crippen LogP contribution in [0.3, 0.4) is 0 Å². The number of hydrogen-bond acceptors (Lipinski definition) is 10. The lowest BCUT2D eigenvalue weighted by Gasteiger charge is -2.50. The lowest BCUT2D eigenvalue weighted by Crippen LogP contribution is -2.66. The van der Waals surface area contributed by atoms with Crippen molar-refractivity contribution < 1.29 is 42.7 Å². The van der Waals surface area contributed by atoms with Crippen LogP contribution in [-0.2, 0) is 33.2 Å². The summed E-state index contributed by atoms with van der Waals surface area (Å²) in [5, 5.41) is 3.30. The quantitative estimate of drug-likeness (QED) is 0.394. The normalized spacial score (nSPS) is 28.1. The summed E-state index contributed by atoms with van der Waals surface area (Å²) >= 11 is 0. The van der Waals surface area contributed by atoms with Gasteiger partial charge in [-0.15, -0.1) is 0 Å². The minimum atomic E-state index is -1.41. The Balaban J connectivity index is 1.94. The van der Waals surface area contributed by atoms with Gasteiger partial charge < -0.3 is 43.2 Å². The van der Waals surface area contributed by atoms with E-state index in [1.165, 1.54) is 14.2 Å². The molecule has 2 aliphatic heterocycles. The van der Waals surface area contributed by atoms with E-state index in [9.17, 15) is 4.79 Å². The van der Waals surface area contributed by atoms with Crippen molar-refractivity contribution in [3.8, 4) is 11.5 Å². The van der Waals surface area contributed by atoms with Crippen LogP contribution in [0.1, 0.15) is 39.3 Å². The summed E-state index contributed by atoms with van der Waals surface area (Å²) in [5.41, 5.74) is 0.737. The van der Waals surface area contributed by atoms with Crippen LogP contribution in [0, 0.1) is 0 Å². The first kappa shape index (κ1) is 24.7. The molecular formula is C22H33NO9. The van der Waals surface area contributed by atoms with Gasteiger partial charge in [-0.05, 0) is 38.5 Å². The minimum Gasteiger partial charge on any atom is -0.454 e. The molecule has 1 saturated heterocycles. The van der Waals surface area contributed by atoms with Gasteiger partial charge in [-0.3, -0.25) is 0 Å². The second-order valence-corrected chi connectivity index (χ2v) is 7.62.